The van der Waals surface area contributed by atoms with E-state index in [1.54, 1.807) is 0 Å². The molecule has 0 aliphatic heterocycles. The molecule has 0 aromatic heterocycles. The summed E-state index contributed by atoms with van der Waals surface area (Å²) >= 11 is 0. The largest absolute Gasteiger partial charge is 0.462 e. The van der Waals surface area contributed by atoms with Gasteiger partial charge >= 0.3 is 5.97 Å². The molecule has 0 N–H and O–H groups in total. The van der Waals surface area contributed by atoms with E-state index in [9.17, 15) is 4.79 Å². The molecule has 2 atom stereocenters. The Bertz CT molecular complexity index is 636. The lowest BCUT2D eigenvalue weighted by Crippen LogP contribution is -2.49. The minimum absolute atomic E-state index is 0.0528. The topological polar surface area (TPSA) is 44.8 Å². The number of carbonyl (C=O) groups is 1. The van der Waals surface area contributed by atoms with E-state index in [4.69, 9.17) is 13.6 Å². The van der Waals surface area contributed by atoms with Crippen LogP contribution >= 0.6 is 0 Å². The monoisotopic (exact) mass is 440 g/mol. The van der Waals surface area contributed by atoms with Gasteiger partial charge in [-0.25, -0.2) is 0 Å². The molecule has 168 valence electrons. The maximum absolute atomic E-state index is 11.2. The summed E-state index contributed by atoms with van der Waals surface area (Å²) in [4.78, 5) is 11.2. The fourth-order valence-corrected chi connectivity index (χ4v) is 5.53. The highest BCUT2D eigenvalue weighted by Crippen LogP contribution is 2.43. The van der Waals surface area contributed by atoms with Gasteiger partial charge < -0.3 is 13.6 Å². The number of rotatable bonds is 6. The van der Waals surface area contributed by atoms with Crippen LogP contribution in [0.25, 0.3) is 0 Å². The van der Waals surface area contributed by atoms with E-state index < -0.39 is 16.6 Å². The van der Waals surface area contributed by atoms with Crippen molar-refractivity contribution < 1.29 is 18.4 Å². The van der Waals surface area contributed by atoms with Crippen LogP contribution in [0.5, 0.6) is 0 Å². The minimum Gasteiger partial charge on any atom is -0.462 e. The van der Waals surface area contributed by atoms with E-state index >= 15 is 0 Å². The first-order valence-corrected chi connectivity index (χ1v) is 16.6. The smallest absolute Gasteiger partial charge is 0.302 e. The Morgan fingerprint density at radius 1 is 1.03 bits per heavy atom. The van der Waals surface area contributed by atoms with Crippen LogP contribution in [-0.2, 0) is 18.4 Å². The second kappa shape index (κ2) is 9.20. The van der Waals surface area contributed by atoms with E-state index in [1.165, 1.54) is 6.92 Å². The third-order valence-corrected chi connectivity index (χ3v) is 15.9. The highest BCUT2D eigenvalue weighted by molar-refractivity contribution is 6.74. The van der Waals surface area contributed by atoms with Crippen LogP contribution in [-0.4, -0.2) is 41.4 Å². The van der Waals surface area contributed by atoms with Gasteiger partial charge in [0.15, 0.2) is 16.6 Å². The van der Waals surface area contributed by atoms with Gasteiger partial charge in [0, 0.05) is 13.3 Å². The van der Waals surface area contributed by atoms with Crippen LogP contribution in [0.3, 0.4) is 0 Å². The number of esters is 1. The van der Waals surface area contributed by atoms with Gasteiger partial charge in [-0.3, -0.25) is 4.79 Å². The second-order valence-electron chi connectivity index (χ2n) is 11.4. The van der Waals surface area contributed by atoms with Crippen LogP contribution in [0.15, 0.2) is 23.8 Å². The zero-order chi connectivity index (χ0) is 22.8. The van der Waals surface area contributed by atoms with Crippen LogP contribution < -0.4 is 0 Å². The van der Waals surface area contributed by atoms with Gasteiger partial charge in [0.2, 0.25) is 0 Å². The molecule has 0 aromatic carbocycles. The zero-order valence-electron chi connectivity index (χ0n) is 20.7. The van der Waals surface area contributed by atoms with Crippen molar-refractivity contribution in [1.82, 2.24) is 0 Å². The summed E-state index contributed by atoms with van der Waals surface area (Å²) in [6.07, 6.45) is 3.65. The first kappa shape index (κ1) is 26.3. The Labute approximate surface area is 181 Å². The molecule has 0 bridgehead atoms. The number of ether oxygens (including phenoxy) is 1. The Morgan fingerprint density at radius 2 is 1.52 bits per heavy atom. The average Bonchev–Trinajstić information content (AvgIpc) is 2.48. The molecule has 0 radical (unpaired) electrons. The Balaban J connectivity index is 3.14. The maximum atomic E-state index is 11.2. The summed E-state index contributed by atoms with van der Waals surface area (Å²) in [7, 11) is -3.86. The van der Waals surface area contributed by atoms with Crippen molar-refractivity contribution in [2.24, 2.45) is 0 Å². The summed E-state index contributed by atoms with van der Waals surface area (Å²) in [6.45, 7) is 28.8. The summed E-state index contributed by atoms with van der Waals surface area (Å²) in [5, 5.41) is 0.279. The summed E-state index contributed by atoms with van der Waals surface area (Å²) in [6, 6.07) is 0. The number of hydrogen-bond acceptors (Lipinski definition) is 4. The molecular weight excluding hydrogens is 396 g/mol. The van der Waals surface area contributed by atoms with Gasteiger partial charge in [-0.1, -0.05) is 48.1 Å². The van der Waals surface area contributed by atoms with Crippen molar-refractivity contribution in [3.8, 4) is 0 Å². The standard InChI is InChI=1S/C23H44O4Si2/c1-17-19(13-14-25-18(2)24)15-20(26-28(9,10)22(3,4)5)16-21(17)27-29(11,12)23(6,7)8/h13,20-21H,1,14-16H2,2-12H3/b19-13-/t20-,21-/m0/s1. The van der Waals surface area contributed by atoms with Crippen molar-refractivity contribution >= 4 is 22.6 Å². The Kier molecular flexibility index (Phi) is 8.36. The highest BCUT2D eigenvalue weighted by Gasteiger charge is 2.44. The molecule has 4 nitrogen and oxygen atoms in total. The lowest BCUT2D eigenvalue weighted by Gasteiger charge is -2.45. The van der Waals surface area contributed by atoms with Crippen molar-refractivity contribution in [3.63, 3.8) is 0 Å². The van der Waals surface area contributed by atoms with Gasteiger partial charge in [0.1, 0.15) is 6.61 Å². The number of carbonyl (C=O) groups excluding carboxylic acids is 1. The molecule has 0 saturated heterocycles. The SMILES string of the molecule is C=C1/C(=C\COC(C)=O)C[C@H](O[Si](C)(C)C(C)(C)C)C[C@@H]1O[Si](C)(C)C(C)(C)C. The van der Waals surface area contributed by atoms with Gasteiger partial charge in [-0.15, -0.1) is 0 Å². The van der Waals surface area contributed by atoms with E-state index in [2.05, 4.69) is 74.3 Å². The molecule has 0 unspecified atom stereocenters. The molecule has 1 aliphatic carbocycles. The third kappa shape index (κ3) is 7.19. The van der Waals surface area contributed by atoms with Crippen LogP contribution in [0.1, 0.15) is 61.3 Å². The van der Waals surface area contributed by atoms with Crippen molar-refractivity contribution in [2.75, 3.05) is 6.61 Å². The van der Waals surface area contributed by atoms with Gasteiger partial charge in [-0.2, -0.15) is 0 Å². The van der Waals surface area contributed by atoms with E-state index in [-0.39, 0.29) is 34.9 Å². The van der Waals surface area contributed by atoms with Crippen LogP contribution in [0.4, 0.5) is 0 Å². The molecule has 0 amide bonds. The molecule has 0 aromatic rings. The first-order chi connectivity index (χ1) is 12.9. The molecule has 1 saturated carbocycles. The zero-order valence-corrected chi connectivity index (χ0v) is 22.7. The van der Waals surface area contributed by atoms with E-state index in [1.807, 2.05) is 6.08 Å². The molecule has 1 aliphatic rings. The van der Waals surface area contributed by atoms with E-state index in [0.717, 1.165) is 24.0 Å². The summed E-state index contributed by atoms with van der Waals surface area (Å²) in [5.74, 6) is -0.272. The first-order valence-electron chi connectivity index (χ1n) is 10.7. The highest BCUT2D eigenvalue weighted by atomic mass is 28.4. The normalized spacial score (nSPS) is 23.4. The molecule has 29 heavy (non-hydrogen) atoms. The van der Waals surface area contributed by atoms with Gasteiger partial charge in [0.25, 0.3) is 0 Å². The fourth-order valence-electron chi connectivity index (χ4n) is 2.86. The molecular formula is C23H44O4Si2. The van der Waals surface area contributed by atoms with Crippen molar-refractivity contribution in [3.05, 3.63) is 23.8 Å². The Hall–Kier alpha value is -0.696. The lowest BCUT2D eigenvalue weighted by atomic mass is 9.86. The summed E-state index contributed by atoms with van der Waals surface area (Å²) < 4.78 is 18.7. The molecule has 1 rings (SSSR count). The van der Waals surface area contributed by atoms with Crippen molar-refractivity contribution in [1.29, 1.82) is 0 Å². The third-order valence-electron chi connectivity index (χ3n) is 6.85. The van der Waals surface area contributed by atoms with Gasteiger partial charge in [-0.05, 0) is 59.9 Å². The predicted octanol–water partition coefficient (Wildman–Crippen LogP) is 6.61. The average molecular weight is 441 g/mol. The van der Waals surface area contributed by atoms with Crippen molar-refractivity contribution in [2.45, 2.75) is 110 Å². The fraction of sp³-hybridized carbons (Fsp3) is 0.783. The minimum atomic E-state index is -1.96. The van der Waals surface area contributed by atoms with Crippen LogP contribution in [0, 0.1) is 0 Å². The lowest BCUT2D eigenvalue weighted by molar-refractivity contribution is -0.139. The molecule has 6 heteroatoms. The Morgan fingerprint density at radius 3 is 1.97 bits per heavy atom. The molecule has 0 spiro atoms. The molecule has 1 fully saturated rings. The van der Waals surface area contributed by atoms with E-state index in [0.29, 0.717) is 0 Å². The summed E-state index contributed by atoms with van der Waals surface area (Å²) in [5.41, 5.74) is 2.11. The predicted molar refractivity (Wildman–Crippen MR) is 127 cm³/mol. The van der Waals surface area contributed by atoms with Gasteiger partial charge in [0.05, 0.1) is 12.2 Å². The number of hydrogen-bond donors (Lipinski definition) is 0. The quantitative estimate of drug-likeness (QED) is 0.344. The second-order valence-corrected chi connectivity index (χ2v) is 20.9. The maximum Gasteiger partial charge on any atom is 0.302 e. The van der Waals surface area contributed by atoms with Crippen LogP contribution in [0.2, 0.25) is 36.3 Å². The molecule has 0 heterocycles.